The van der Waals surface area contributed by atoms with Crippen molar-refractivity contribution < 1.29 is 4.74 Å². The van der Waals surface area contributed by atoms with Gasteiger partial charge < -0.3 is 9.64 Å². The lowest BCUT2D eigenvalue weighted by Gasteiger charge is -2.28. The maximum Gasteiger partial charge on any atom is 0.127 e. The van der Waals surface area contributed by atoms with Gasteiger partial charge in [-0.15, -0.1) is 0 Å². The Morgan fingerprint density at radius 3 is 2.03 bits per heavy atom. The number of hydrogen-bond donors (Lipinski definition) is 0. The zero-order valence-electron chi connectivity index (χ0n) is 18.6. The fourth-order valence-corrected chi connectivity index (χ4v) is 5.89. The number of fused-ring (bicyclic) bond motifs is 2. The minimum atomic E-state index is -0.306. The van der Waals surface area contributed by atoms with Gasteiger partial charge in [0.1, 0.15) is 11.4 Å². The molecule has 0 fully saturated rings. The average molecular weight is 452 g/mol. The minimum Gasteiger partial charge on any atom is -0.486 e. The van der Waals surface area contributed by atoms with Gasteiger partial charge in [-0.2, -0.15) is 0 Å². The Morgan fingerprint density at radius 1 is 0.871 bits per heavy atom. The fraction of sp³-hybridized carbons (Fsp3) is 0.333. The highest BCUT2D eigenvalue weighted by atomic mass is 35.5. The maximum atomic E-state index is 6.61. The molecule has 2 nitrogen and oxygen atoms in total. The van der Waals surface area contributed by atoms with Crippen LogP contribution in [0.4, 0.5) is 5.69 Å². The second-order valence-corrected chi connectivity index (χ2v) is 10.2. The predicted octanol–water partition coefficient (Wildman–Crippen LogP) is 7.74. The minimum absolute atomic E-state index is 0.190. The molecule has 0 saturated heterocycles. The van der Waals surface area contributed by atoms with Crippen LogP contribution < -0.4 is 9.64 Å². The van der Waals surface area contributed by atoms with Gasteiger partial charge in [-0.25, -0.2) is 0 Å². The quantitative estimate of drug-likeness (QED) is 0.394. The van der Waals surface area contributed by atoms with Crippen LogP contribution in [0, 0.1) is 20.8 Å². The fourth-order valence-electron chi connectivity index (χ4n) is 5.51. The smallest absolute Gasteiger partial charge is 0.127 e. The van der Waals surface area contributed by atoms with Crippen molar-refractivity contribution in [2.24, 2.45) is 0 Å². The van der Waals surface area contributed by atoms with E-state index in [1.165, 1.54) is 44.6 Å². The van der Waals surface area contributed by atoms with E-state index in [0.29, 0.717) is 10.0 Å². The molecule has 0 aliphatic carbocycles. The number of rotatable bonds is 2. The van der Waals surface area contributed by atoms with E-state index < -0.39 is 0 Å². The summed E-state index contributed by atoms with van der Waals surface area (Å²) in [6, 6.07) is 14.8. The van der Waals surface area contributed by atoms with Gasteiger partial charge in [0.2, 0.25) is 0 Å². The van der Waals surface area contributed by atoms with Gasteiger partial charge >= 0.3 is 0 Å². The van der Waals surface area contributed by atoms with Crippen molar-refractivity contribution >= 4 is 28.9 Å². The maximum absolute atomic E-state index is 6.61. The summed E-state index contributed by atoms with van der Waals surface area (Å²) in [5, 5.41) is 1.25. The highest BCUT2D eigenvalue weighted by Gasteiger charge is 2.45. The molecule has 0 saturated carbocycles. The molecule has 160 valence electrons. The molecule has 5 rings (SSSR count). The molecule has 3 aromatic carbocycles. The Bertz CT molecular complexity index is 1170. The van der Waals surface area contributed by atoms with Crippen molar-refractivity contribution in [1.29, 1.82) is 0 Å². The first-order chi connectivity index (χ1) is 14.7. The molecule has 0 aromatic heterocycles. The van der Waals surface area contributed by atoms with Crippen LogP contribution in [0.3, 0.4) is 0 Å². The van der Waals surface area contributed by atoms with E-state index in [0.717, 1.165) is 18.8 Å². The molecule has 1 unspecified atom stereocenters. The average Bonchev–Trinajstić information content (AvgIpc) is 3.24. The van der Waals surface area contributed by atoms with Crippen molar-refractivity contribution in [2.75, 3.05) is 4.90 Å². The van der Waals surface area contributed by atoms with Crippen LogP contribution in [-0.4, -0.2) is 5.60 Å². The molecular weight excluding hydrogens is 425 g/mol. The van der Waals surface area contributed by atoms with Crippen molar-refractivity contribution in [2.45, 2.75) is 59.2 Å². The van der Waals surface area contributed by atoms with Crippen LogP contribution >= 0.6 is 23.2 Å². The molecule has 3 aromatic rings. The Labute approximate surface area is 194 Å². The summed E-state index contributed by atoms with van der Waals surface area (Å²) in [7, 11) is 0. The molecule has 4 heteroatoms. The third kappa shape index (κ3) is 3.15. The van der Waals surface area contributed by atoms with Crippen molar-refractivity contribution in [3.8, 4) is 5.75 Å². The van der Waals surface area contributed by atoms with E-state index in [4.69, 9.17) is 27.9 Å². The normalized spacial score (nSPS) is 18.7. The van der Waals surface area contributed by atoms with E-state index in [2.05, 4.69) is 69.9 Å². The van der Waals surface area contributed by atoms with Gasteiger partial charge in [-0.05, 0) is 80.1 Å². The summed E-state index contributed by atoms with van der Waals surface area (Å²) < 4.78 is 6.61. The SMILES string of the molecule is Cc1c(C)c(N2Cc3cc(Cl)c(Cl)cc3C2)c(C)c2c1OC(C)(C)C2c1ccccc1. The second-order valence-electron chi connectivity index (χ2n) is 9.41. The third-order valence-electron chi connectivity index (χ3n) is 7.03. The Hall–Kier alpha value is -2.16. The molecule has 0 radical (unpaired) electrons. The first-order valence-electron chi connectivity index (χ1n) is 10.8. The van der Waals surface area contributed by atoms with E-state index >= 15 is 0 Å². The number of benzene rings is 3. The highest BCUT2D eigenvalue weighted by molar-refractivity contribution is 6.42. The van der Waals surface area contributed by atoms with E-state index in [1.54, 1.807) is 0 Å². The van der Waals surface area contributed by atoms with Crippen LogP contribution in [-0.2, 0) is 13.1 Å². The second kappa shape index (κ2) is 7.18. The lowest BCUT2D eigenvalue weighted by molar-refractivity contribution is 0.121. The number of nitrogens with zero attached hydrogens (tertiary/aromatic N) is 1. The first-order valence-corrected chi connectivity index (χ1v) is 11.5. The third-order valence-corrected chi connectivity index (χ3v) is 7.75. The summed E-state index contributed by atoms with van der Waals surface area (Å²) in [6.45, 7) is 12.7. The molecule has 2 heterocycles. The molecule has 0 bridgehead atoms. The van der Waals surface area contributed by atoms with Crippen LogP contribution in [0.25, 0.3) is 0 Å². The van der Waals surface area contributed by atoms with Gasteiger partial charge in [-0.1, -0.05) is 53.5 Å². The molecular formula is C27H27Cl2NO. The topological polar surface area (TPSA) is 12.5 Å². The molecule has 0 amide bonds. The van der Waals surface area contributed by atoms with Crippen molar-refractivity contribution in [3.05, 3.63) is 91.5 Å². The first kappa shape index (κ1) is 20.7. The van der Waals surface area contributed by atoms with E-state index in [-0.39, 0.29) is 11.5 Å². The largest absolute Gasteiger partial charge is 0.486 e. The summed E-state index contributed by atoms with van der Waals surface area (Å²) >= 11 is 12.6. The van der Waals surface area contributed by atoms with Crippen LogP contribution in [0.15, 0.2) is 42.5 Å². The van der Waals surface area contributed by atoms with E-state index in [9.17, 15) is 0 Å². The number of anilines is 1. The van der Waals surface area contributed by atoms with Crippen LogP contribution in [0.1, 0.15) is 58.7 Å². The summed E-state index contributed by atoms with van der Waals surface area (Å²) in [4.78, 5) is 2.46. The lowest BCUT2D eigenvalue weighted by Crippen LogP contribution is -2.31. The Morgan fingerprint density at radius 2 is 1.45 bits per heavy atom. The van der Waals surface area contributed by atoms with Crippen LogP contribution in [0.5, 0.6) is 5.75 Å². The predicted molar refractivity (Wildman–Crippen MR) is 130 cm³/mol. The number of hydrogen-bond acceptors (Lipinski definition) is 2. The van der Waals surface area contributed by atoms with Crippen LogP contribution in [0.2, 0.25) is 10.0 Å². The monoisotopic (exact) mass is 451 g/mol. The van der Waals surface area contributed by atoms with Gasteiger partial charge in [0, 0.05) is 24.3 Å². The Kier molecular flexibility index (Phi) is 4.80. The molecule has 2 aliphatic heterocycles. The number of ether oxygens (including phenoxy) is 1. The van der Waals surface area contributed by atoms with Gasteiger partial charge in [0.05, 0.1) is 16.0 Å². The number of halogens is 2. The molecule has 1 atom stereocenters. The van der Waals surface area contributed by atoms with Gasteiger partial charge in [0.25, 0.3) is 0 Å². The van der Waals surface area contributed by atoms with Crippen molar-refractivity contribution in [3.63, 3.8) is 0 Å². The molecule has 0 spiro atoms. The Balaban J connectivity index is 1.66. The summed E-state index contributed by atoms with van der Waals surface area (Å²) in [5.41, 5.74) is 9.95. The standard InChI is InChI=1S/C27H27Cl2NO/c1-15-16(2)26-23(24(27(4,5)31-26)18-9-7-6-8-10-18)17(3)25(15)30-13-19-11-21(28)22(29)12-20(19)14-30/h6-12,24H,13-14H2,1-5H3. The molecule has 31 heavy (non-hydrogen) atoms. The van der Waals surface area contributed by atoms with E-state index in [1.807, 2.05) is 12.1 Å². The summed E-state index contributed by atoms with van der Waals surface area (Å²) in [6.07, 6.45) is 0. The zero-order chi connectivity index (χ0) is 22.1. The highest BCUT2D eigenvalue weighted by Crippen LogP contribution is 2.54. The van der Waals surface area contributed by atoms with Gasteiger partial charge in [0.15, 0.2) is 0 Å². The zero-order valence-corrected chi connectivity index (χ0v) is 20.2. The lowest BCUT2D eigenvalue weighted by atomic mass is 9.78. The van der Waals surface area contributed by atoms with Crippen molar-refractivity contribution in [1.82, 2.24) is 0 Å². The summed E-state index contributed by atoms with van der Waals surface area (Å²) in [5.74, 6) is 1.25. The van der Waals surface area contributed by atoms with Gasteiger partial charge in [-0.3, -0.25) is 0 Å². The molecule has 0 N–H and O–H groups in total. The molecule has 2 aliphatic rings.